The molecule has 0 bridgehead atoms. The van der Waals surface area contributed by atoms with Crippen molar-refractivity contribution in [3.8, 4) is 0 Å². The van der Waals surface area contributed by atoms with Crippen molar-refractivity contribution in [1.82, 2.24) is 5.32 Å². The highest BCUT2D eigenvalue weighted by Crippen LogP contribution is 2.35. The normalized spacial score (nSPS) is 19.8. The zero-order chi connectivity index (χ0) is 12.2. The largest absolute Gasteiger partial charge is 0.468 e. The zero-order valence-electron chi connectivity index (χ0n) is 9.14. The minimum atomic E-state index is -4.30. The summed E-state index contributed by atoms with van der Waals surface area (Å²) in [5, 5.41) is 2.25. The fourth-order valence-corrected chi connectivity index (χ4v) is 2.11. The molecule has 1 aliphatic rings. The molecule has 1 fully saturated rings. The lowest BCUT2D eigenvalue weighted by atomic mass is 9.97. The molecule has 1 saturated carbocycles. The summed E-state index contributed by atoms with van der Waals surface area (Å²) in [5.74, 6) is -1.09. The fourth-order valence-electron chi connectivity index (χ4n) is 2.11. The van der Waals surface area contributed by atoms with Crippen LogP contribution in [0.3, 0.4) is 0 Å². The van der Waals surface area contributed by atoms with E-state index in [-0.39, 0.29) is 0 Å². The van der Waals surface area contributed by atoms with Gasteiger partial charge < -0.3 is 4.74 Å². The van der Waals surface area contributed by atoms with Crippen molar-refractivity contribution in [2.75, 3.05) is 13.7 Å². The monoisotopic (exact) mass is 239 g/mol. The minimum Gasteiger partial charge on any atom is -0.468 e. The first-order chi connectivity index (χ1) is 7.45. The van der Waals surface area contributed by atoms with Crippen molar-refractivity contribution < 1.29 is 22.7 Å². The molecule has 3 nitrogen and oxygen atoms in total. The summed E-state index contributed by atoms with van der Waals surface area (Å²) in [6.45, 7) is -0.392. The van der Waals surface area contributed by atoms with Gasteiger partial charge in [0.1, 0.15) is 6.04 Å². The van der Waals surface area contributed by atoms with E-state index in [0.717, 1.165) is 20.0 Å². The van der Waals surface area contributed by atoms with Gasteiger partial charge in [-0.15, -0.1) is 0 Å². The van der Waals surface area contributed by atoms with Gasteiger partial charge in [0.15, 0.2) is 0 Å². The molecule has 0 amide bonds. The molecule has 0 aromatic rings. The Morgan fingerprint density at radius 2 is 2.00 bits per heavy atom. The molecular weight excluding hydrogens is 223 g/mol. The van der Waals surface area contributed by atoms with E-state index in [9.17, 15) is 18.0 Å². The number of nitrogens with one attached hydrogen (secondary N) is 1. The van der Waals surface area contributed by atoms with E-state index in [2.05, 4.69) is 10.1 Å². The first kappa shape index (κ1) is 13.3. The molecule has 94 valence electrons. The van der Waals surface area contributed by atoms with Crippen LogP contribution >= 0.6 is 0 Å². The minimum absolute atomic E-state index is 0.392. The van der Waals surface area contributed by atoms with Gasteiger partial charge in [0.25, 0.3) is 0 Å². The van der Waals surface area contributed by atoms with E-state index in [0.29, 0.717) is 12.8 Å². The van der Waals surface area contributed by atoms with Crippen LogP contribution in [0, 0.1) is 5.92 Å². The molecule has 0 aromatic heterocycles. The van der Waals surface area contributed by atoms with Crippen LogP contribution in [0.4, 0.5) is 13.2 Å². The number of ether oxygens (including phenoxy) is 1. The number of alkyl halides is 3. The molecule has 0 saturated heterocycles. The Balaban J connectivity index is 2.54. The number of halogens is 3. The van der Waals surface area contributed by atoms with Crippen molar-refractivity contribution in [2.45, 2.75) is 37.9 Å². The van der Waals surface area contributed by atoms with E-state index in [1.807, 2.05) is 0 Å². The van der Waals surface area contributed by atoms with E-state index >= 15 is 0 Å². The van der Waals surface area contributed by atoms with Crippen LogP contribution in [0.25, 0.3) is 0 Å². The van der Waals surface area contributed by atoms with Crippen molar-refractivity contribution in [3.05, 3.63) is 0 Å². The summed E-state index contributed by atoms with van der Waals surface area (Å²) in [5.41, 5.74) is 0. The summed E-state index contributed by atoms with van der Waals surface area (Å²) in [6.07, 6.45) is -1.51. The standard InChI is InChI=1S/C10H16F3NO2/c1-16-8(15)6-14-9(10(11,12)13)7-4-2-3-5-7/h7,9,14H,2-6H2,1H3/t9-/m1/s1. The third-order valence-corrected chi connectivity index (χ3v) is 2.92. The van der Waals surface area contributed by atoms with Crippen molar-refractivity contribution in [3.63, 3.8) is 0 Å². The molecule has 0 spiro atoms. The van der Waals surface area contributed by atoms with Crippen LogP contribution in [-0.2, 0) is 9.53 Å². The molecule has 0 aromatic carbocycles. The van der Waals surface area contributed by atoms with Crippen LogP contribution in [0.5, 0.6) is 0 Å². The highest BCUT2D eigenvalue weighted by atomic mass is 19.4. The van der Waals surface area contributed by atoms with Gasteiger partial charge in [-0.05, 0) is 18.8 Å². The van der Waals surface area contributed by atoms with E-state index < -0.39 is 30.7 Å². The van der Waals surface area contributed by atoms with Gasteiger partial charge in [0.2, 0.25) is 0 Å². The second kappa shape index (κ2) is 5.52. The molecule has 1 rings (SSSR count). The van der Waals surface area contributed by atoms with Gasteiger partial charge in [-0.2, -0.15) is 13.2 Å². The summed E-state index contributed by atoms with van der Waals surface area (Å²) in [7, 11) is 1.15. The molecule has 0 aliphatic heterocycles. The van der Waals surface area contributed by atoms with Crippen LogP contribution in [0.1, 0.15) is 25.7 Å². The molecule has 6 heteroatoms. The molecule has 0 unspecified atom stereocenters. The molecule has 0 radical (unpaired) electrons. The highest BCUT2D eigenvalue weighted by molar-refractivity contribution is 5.71. The lowest BCUT2D eigenvalue weighted by molar-refractivity contribution is -0.169. The number of esters is 1. The topological polar surface area (TPSA) is 38.3 Å². The third kappa shape index (κ3) is 3.66. The molecule has 16 heavy (non-hydrogen) atoms. The molecule has 0 heterocycles. The summed E-state index contributed by atoms with van der Waals surface area (Å²) >= 11 is 0. The first-order valence-electron chi connectivity index (χ1n) is 5.32. The smallest absolute Gasteiger partial charge is 0.404 e. The molecule has 1 atom stereocenters. The Labute approximate surface area is 92.3 Å². The van der Waals surface area contributed by atoms with Crippen molar-refractivity contribution >= 4 is 5.97 Å². The zero-order valence-corrected chi connectivity index (χ0v) is 9.14. The second-order valence-corrected chi connectivity index (χ2v) is 4.02. The van der Waals surface area contributed by atoms with Crippen molar-refractivity contribution in [1.29, 1.82) is 0 Å². The maximum atomic E-state index is 12.7. The SMILES string of the molecule is COC(=O)CN[C@H](C1CCCC1)C(F)(F)F. The third-order valence-electron chi connectivity index (χ3n) is 2.92. The number of hydrogen-bond donors (Lipinski definition) is 1. The Bertz CT molecular complexity index is 237. The molecule has 1 aliphatic carbocycles. The average Bonchev–Trinajstić information content (AvgIpc) is 2.68. The van der Waals surface area contributed by atoms with Crippen LogP contribution in [0.2, 0.25) is 0 Å². The summed E-state index contributed by atoms with van der Waals surface area (Å²) < 4.78 is 42.4. The number of carbonyl (C=O) groups is 1. The van der Waals surface area contributed by atoms with E-state index in [1.54, 1.807) is 0 Å². The summed E-state index contributed by atoms with van der Waals surface area (Å²) in [4.78, 5) is 10.8. The maximum Gasteiger partial charge on any atom is 0.404 e. The predicted molar refractivity (Wildman–Crippen MR) is 51.8 cm³/mol. The van der Waals surface area contributed by atoms with Gasteiger partial charge in [0, 0.05) is 0 Å². The van der Waals surface area contributed by atoms with Gasteiger partial charge in [-0.25, -0.2) is 0 Å². The van der Waals surface area contributed by atoms with Crippen LogP contribution in [0.15, 0.2) is 0 Å². The number of rotatable bonds is 4. The lowest BCUT2D eigenvalue weighted by Crippen LogP contribution is -2.48. The van der Waals surface area contributed by atoms with Crippen LogP contribution < -0.4 is 5.32 Å². The van der Waals surface area contributed by atoms with Crippen LogP contribution in [-0.4, -0.2) is 31.8 Å². The maximum absolute atomic E-state index is 12.7. The van der Waals surface area contributed by atoms with Gasteiger partial charge in [-0.1, -0.05) is 12.8 Å². The van der Waals surface area contributed by atoms with Gasteiger partial charge in [0.05, 0.1) is 13.7 Å². The predicted octanol–water partition coefficient (Wildman–Crippen LogP) is 1.87. The Hall–Kier alpha value is -0.780. The molecule has 1 N–H and O–H groups in total. The van der Waals surface area contributed by atoms with Gasteiger partial charge >= 0.3 is 12.1 Å². The number of hydrogen-bond acceptors (Lipinski definition) is 3. The Kier molecular flexibility index (Phi) is 4.58. The fraction of sp³-hybridized carbons (Fsp3) is 0.900. The van der Waals surface area contributed by atoms with Gasteiger partial charge in [-0.3, -0.25) is 10.1 Å². The van der Waals surface area contributed by atoms with E-state index in [4.69, 9.17) is 0 Å². The second-order valence-electron chi connectivity index (χ2n) is 4.02. The first-order valence-corrected chi connectivity index (χ1v) is 5.32. The summed E-state index contributed by atoms with van der Waals surface area (Å²) in [6, 6.07) is -1.59. The Morgan fingerprint density at radius 1 is 1.44 bits per heavy atom. The Morgan fingerprint density at radius 3 is 2.44 bits per heavy atom. The average molecular weight is 239 g/mol. The van der Waals surface area contributed by atoms with Crippen molar-refractivity contribution in [2.24, 2.45) is 5.92 Å². The quantitative estimate of drug-likeness (QED) is 0.761. The lowest BCUT2D eigenvalue weighted by Gasteiger charge is -2.26. The van der Waals surface area contributed by atoms with E-state index in [1.165, 1.54) is 0 Å². The highest BCUT2D eigenvalue weighted by Gasteiger charge is 2.45. The number of methoxy groups -OCH3 is 1. The number of carbonyl (C=O) groups excluding carboxylic acids is 1. The molecular formula is C10H16F3NO2.